The number of nitrogens with two attached hydrogens (primary N) is 1. The molecule has 266 valence electrons. The molecule has 52 heavy (non-hydrogen) atoms. The van der Waals surface area contributed by atoms with Gasteiger partial charge >= 0.3 is 5.97 Å². The van der Waals surface area contributed by atoms with E-state index in [-0.39, 0.29) is 40.8 Å². The number of hydrogen-bond donors (Lipinski definition) is 2. The topological polar surface area (TPSA) is 139 Å². The molecule has 0 bridgehead atoms. The number of carbonyl (C=O) groups excluding carboxylic acids is 1. The third-order valence-corrected chi connectivity index (χ3v) is 10.8. The molecule has 3 N–H and O–H groups in total. The number of aromatic nitrogens is 3. The van der Waals surface area contributed by atoms with E-state index >= 15 is 0 Å². The van der Waals surface area contributed by atoms with Gasteiger partial charge in [0.25, 0.3) is 0 Å². The first-order valence-corrected chi connectivity index (χ1v) is 17.7. The van der Waals surface area contributed by atoms with Gasteiger partial charge in [-0.25, -0.2) is 23.5 Å². The second kappa shape index (κ2) is 13.9. The van der Waals surface area contributed by atoms with E-state index in [0.717, 1.165) is 81.1 Å². The molecule has 0 radical (unpaired) electrons. The van der Waals surface area contributed by atoms with Crippen LogP contribution in [0.25, 0.3) is 22.5 Å². The second-order valence-corrected chi connectivity index (χ2v) is 14.1. The standard InChI is InChI=1S/C30H33N5O.C10H5F2NO3/c31-28-24(9-8-22-21-5-2-1-4-20(21)16-25(22)28)23-10-14-34(17-19-6-7-19)18-26(23)30(36)35-15-11-27(35)29-32-12-3-13-33-29;11-5-1-2-6(7(12)3-5)9-4-8(10(14)15)13-16-9/h1-5,8-9,12-13,19,23,26-27H,6-7,10-11,14-18,31H2;1-4H,(H,14,15)/t23-,26-,27-;/m1./s1. The van der Waals surface area contributed by atoms with Crippen LogP contribution >= 0.6 is 0 Å². The van der Waals surface area contributed by atoms with E-state index in [1.54, 1.807) is 12.4 Å². The first-order valence-electron chi connectivity index (χ1n) is 17.7. The molecule has 2 saturated heterocycles. The van der Waals surface area contributed by atoms with Gasteiger partial charge in [-0.1, -0.05) is 41.6 Å². The van der Waals surface area contributed by atoms with Crippen molar-refractivity contribution in [2.45, 2.75) is 44.1 Å². The number of nitrogens with zero attached hydrogens (tertiary/aromatic N) is 5. The maximum Gasteiger partial charge on any atom is 0.358 e. The fraction of sp³-hybridized carbons (Fsp3) is 0.325. The molecule has 5 aromatic rings. The number of carboxylic acids is 1. The Hall–Kier alpha value is -5.49. The number of halogens is 2. The third-order valence-electron chi connectivity index (χ3n) is 10.8. The van der Waals surface area contributed by atoms with E-state index < -0.39 is 17.6 Å². The van der Waals surface area contributed by atoms with Gasteiger partial charge in [-0.15, -0.1) is 0 Å². The highest BCUT2D eigenvalue weighted by atomic mass is 19.1. The lowest BCUT2D eigenvalue weighted by Crippen LogP contribution is -2.53. The number of carbonyl (C=O) groups is 2. The van der Waals surface area contributed by atoms with Crippen LogP contribution in [-0.4, -0.2) is 68.1 Å². The average molecular weight is 705 g/mol. The van der Waals surface area contributed by atoms with Gasteiger partial charge in [0.2, 0.25) is 5.91 Å². The smallest absolute Gasteiger partial charge is 0.358 e. The number of hydrogen-bond acceptors (Lipinski definition) is 8. The lowest BCUT2D eigenvalue weighted by molar-refractivity contribution is -0.146. The maximum atomic E-state index is 14.1. The van der Waals surface area contributed by atoms with Gasteiger partial charge in [0, 0.05) is 56.3 Å². The first-order chi connectivity index (χ1) is 25.2. The molecule has 2 aromatic heterocycles. The van der Waals surface area contributed by atoms with Gasteiger partial charge in [-0.05, 0) is 90.1 Å². The number of piperidine rings is 1. The summed E-state index contributed by atoms with van der Waals surface area (Å²) in [6, 6.07) is 18.8. The molecule has 3 atom stereocenters. The van der Waals surface area contributed by atoms with Crippen LogP contribution in [0.4, 0.5) is 14.5 Å². The van der Waals surface area contributed by atoms with Crippen molar-refractivity contribution in [3.8, 4) is 22.5 Å². The Bertz CT molecular complexity index is 2140. The molecule has 10 nitrogen and oxygen atoms in total. The normalized spacial score (nSPS) is 20.7. The van der Waals surface area contributed by atoms with Gasteiger partial charge in [0.15, 0.2) is 17.3 Å². The van der Waals surface area contributed by atoms with Crippen molar-refractivity contribution in [3.05, 3.63) is 119 Å². The summed E-state index contributed by atoms with van der Waals surface area (Å²) in [7, 11) is 0. The zero-order valence-corrected chi connectivity index (χ0v) is 28.4. The van der Waals surface area contributed by atoms with Crippen LogP contribution in [-0.2, 0) is 11.2 Å². The predicted octanol–water partition coefficient (Wildman–Crippen LogP) is 6.74. The molecule has 1 saturated carbocycles. The highest BCUT2D eigenvalue weighted by Gasteiger charge is 2.44. The minimum atomic E-state index is -1.28. The molecular formula is C40H38F2N6O4. The number of rotatable bonds is 7. The first kappa shape index (κ1) is 33.6. The maximum absolute atomic E-state index is 14.1. The van der Waals surface area contributed by atoms with Crippen LogP contribution in [0.3, 0.4) is 0 Å². The van der Waals surface area contributed by atoms with Crippen LogP contribution in [0.2, 0.25) is 0 Å². The van der Waals surface area contributed by atoms with E-state index in [4.69, 9.17) is 10.8 Å². The summed E-state index contributed by atoms with van der Waals surface area (Å²) in [5, 5.41) is 11.8. The Morgan fingerprint density at radius 2 is 1.69 bits per heavy atom. The van der Waals surface area contributed by atoms with Gasteiger partial charge in [-0.2, -0.15) is 0 Å². The fourth-order valence-corrected chi connectivity index (χ4v) is 7.86. The minimum absolute atomic E-state index is 0.00924. The monoisotopic (exact) mass is 704 g/mol. The van der Waals surface area contributed by atoms with Crippen molar-refractivity contribution in [3.63, 3.8) is 0 Å². The second-order valence-electron chi connectivity index (χ2n) is 14.1. The van der Waals surface area contributed by atoms with Crippen molar-refractivity contribution < 1.29 is 28.0 Å². The largest absolute Gasteiger partial charge is 0.476 e. The van der Waals surface area contributed by atoms with Crippen molar-refractivity contribution in [1.29, 1.82) is 0 Å². The van der Waals surface area contributed by atoms with Gasteiger partial charge in [0.05, 0.1) is 17.5 Å². The molecule has 2 aliphatic heterocycles. The molecule has 3 fully saturated rings. The lowest BCUT2D eigenvalue weighted by Gasteiger charge is -2.46. The number of aromatic carboxylic acids is 1. The summed E-state index contributed by atoms with van der Waals surface area (Å²) in [6.45, 7) is 3.75. The van der Waals surface area contributed by atoms with Crippen LogP contribution < -0.4 is 5.73 Å². The lowest BCUT2D eigenvalue weighted by atomic mass is 9.77. The van der Waals surface area contributed by atoms with E-state index in [0.29, 0.717) is 6.07 Å². The van der Waals surface area contributed by atoms with E-state index in [9.17, 15) is 18.4 Å². The van der Waals surface area contributed by atoms with E-state index in [2.05, 4.69) is 60.9 Å². The molecular weight excluding hydrogens is 666 g/mol. The van der Waals surface area contributed by atoms with Crippen molar-refractivity contribution >= 4 is 17.6 Å². The summed E-state index contributed by atoms with van der Waals surface area (Å²) in [6.07, 6.45) is 8.98. The summed E-state index contributed by atoms with van der Waals surface area (Å²) in [5.74, 6) is -1.04. The number of nitrogen functional groups attached to an aromatic ring is 1. The quantitative estimate of drug-likeness (QED) is 0.173. The predicted molar refractivity (Wildman–Crippen MR) is 189 cm³/mol. The average Bonchev–Trinajstić information content (AvgIpc) is 3.65. The highest BCUT2D eigenvalue weighted by Crippen LogP contribution is 2.46. The Morgan fingerprint density at radius 1 is 0.904 bits per heavy atom. The summed E-state index contributed by atoms with van der Waals surface area (Å²) in [5.41, 5.74) is 13.7. The molecule has 2 aliphatic carbocycles. The number of amides is 1. The molecule has 9 rings (SSSR count). The van der Waals surface area contributed by atoms with E-state index in [1.807, 2.05) is 11.0 Å². The van der Waals surface area contributed by atoms with E-state index in [1.165, 1.54) is 40.7 Å². The van der Waals surface area contributed by atoms with Crippen LogP contribution in [0.5, 0.6) is 0 Å². The van der Waals surface area contributed by atoms with Crippen molar-refractivity contribution in [2.75, 3.05) is 31.9 Å². The summed E-state index contributed by atoms with van der Waals surface area (Å²) in [4.78, 5) is 38.1. The van der Waals surface area contributed by atoms with Gasteiger partial charge in [0.1, 0.15) is 11.6 Å². The van der Waals surface area contributed by atoms with Crippen molar-refractivity contribution in [1.82, 2.24) is 24.9 Å². The summed E-state index contributed by atoms with van der Waals surface area (Å²) < 4.78 is 30.5. The van der Waals surface area contributed by atoms with Crippen LogP contribution in [0.1, 0.15) is 70.6 Å². The Kier molecular flexibility index (Phi) is 9.00. The molecule has 0 unspecified atom stereocenters. The number of benzene rings is 3. The molecule has 3 aromatic carbocycles. The number of fused-ring (bicyclic) bond motifs is 3. The molecule has 1 amide bonds. The summed E-state index contributed by atoms with van der Waals surface area (Å²) >= 11 is 0. The fourth-order valence-electron chi connectivity index (χ4n) is 7.86. The van der Waals surface area contributed by atoms with Crippen LogP contribution in [0, 0.1) is 23.5 Å². The van der Waals surface area contributed by atoms with Gasteiger partial charge < -0.3 is 25.2 Å². The number of carboxylic acid groups (broad SMARTS) is 1. The molecule has 4 aliphatic rings. The van der Waals surface area contributed by atoms with Crippen molar-refractivity contribution in [2.24, 2.45) is 11.8 Å². The SMILES string of the molecule is Nc1c([C@H]2CCN(CC3CC3)C[C@H]2C(=O)N2CC[C@@H]2c2ncccn2)ccc2c1Cc1ccccc1-2.O=C(O)c1cc(-c2ccc(F)cc2F)on1. The molecule has 0 spiro atoms. The van der Waals surface area contributed by atoms with Gasteiger partial charge in [-0.3, -0.25) is 4.79 Å². The molecule has 4 heterocycles. The van der Waals surface area contributed by atoms with Crippen LogP contribution in [0.15, 0.2) is 83.6 Å². The Balaban J connectivity index is 0.000000203. The number of anilines is 1. The Morgan fingerprint density at radius 3 is 2.40 bits per heavy atom. The minimum Gasteiger partial charge on any atom is -0.476 e. The Labute approximate surface area is 299 Å². The zero-order chi connectivity index (χ0) is 35.9. The highest BCUT2D eigenvalue weighted by molar-refractivity contribution is 5.87. The molecule has 12 heteroatoms. The number of likely N-dealkylation sites (tertiary alicyclic amines) is 2. The zero-order valence-electron chi connectivity index (χ0n) is 28.4. The third kappa shape index (κ3) is 6.54.